The second-order valence-electron chi connectivity index (χ2n) is 5.20. The molecule has 0 spiro atoms. The summed E-state index contributed by atoms with van der Waals surface area (Å²) >= 11 is 0. The van der Waals surface area contributed by atoms with E-state index in [4.69, 9.17) is 5.73 Å². The number of nitrogens with two attached hydrogens (primary N) is 1. The molecule has 1 saturated heterocycles. The van der Waals surface area contributed by atoms with Gasteiger partial charge in [-0.15, -0.1) is 0 Å². The van der Waals surface area contributed by atoms with E-state index in [1.54, 1.807) is 0 Å². The molecule has 0 aliphatic carbocycles. The van der Waals surface area contributed by atoms with Crippen LogP contribution in [0.3, 0.4) is 0 Å². The Bertz CT molecular complexity index is 570. The van der Waals surface area contributed by atoms with Crippen LogP contribution in [0.5, 0.6) is 0 Å². The molecule has 1 aromatic heterocycles. The number of aromatic nitrogens is 1. The summed E-state index contributed by atoms with van der Waals surface area (Å²) < 4.78 is 0. The van der Waals surface area contributed by atoms with Gasteiger partial charge in [0.25, 0.3) is 5.91 Å². The third kappa shape index (κ3) is 3.01. The van der Waals surface area contributed by atoms with Crippen LogP contribution in [0.2, 0.25) is 0 Å². The predicted octanol–water partition coefficient (Wildman–Crippen LogP) is 0.506. The highest BCUT2D eigenvalue weighted by atomic mass is 16.4. The Morgan fingerprint density at radius 2 is 2.10 bits per heavy atom. The van der Waals surface area contributed by atoms with Crippen molar-refractivity contribution in [3.63, 3.8) is 0 Å². The summed E-state index contributed by atoms with van der Waals surface area (Å²) in [6.07, 6.45) is 2.75. The number of hydrogen-bond acceptors (Lipinski definition) is 4. The fraction of sp³-hybridized carbons (Fsp3) is 0.429. The molecule has 0 radical (unpaired) electrons. The lowest BCUT2D eigenvalue weighted by atomic mass is 9.90. The van der Waals surface area contributed by atoms with Gasteiger partial charge in [-0.05, 0) is 30.9 Å². The number of carboxylic acids is 1. The number of rotatable bonds is 3. The Morgan fingerprint density at radius 1 is 1.38 bits per heavy atom. The largest absolute Gasteiger partial charge is 0.480 e. The molecule has 2 rings (SSSR count). The molecule has 0 aromatic carbocycles. The van der Waals surface area contributed by atoms with Gasteiger partial charge >= 0.3 is 5.97 Å². The first-order valence-electron chi connectivity index (χ1n) is 6.71. The number of primary amides is 1. The molecular weight excluding hydrogens is 274 g/mol. The standard InChI is InChI=1S/C14H17N3O4/c1-8-3-2-6-17(11(8)14(20)21)13(19)10-5-4-9(7-16-10)12(15)18/h4-5,7-8,11H,2-3,6H2,1H3,(H2,15,18)(H,20,21). The molecule has 1 aliphatic rings. The van der Waals surface area contributed by atoms with E-state index < -0.39 is 23.8 Å². The van der Waals surface area contributed by atoms with Gasteiger partial charge in [-0.1, -0.05) is 6.92 Å². The van der Waals surface area contributed by atoms with Crippen LogP contribution in [-0.4, -0.2) is 45.4 Å². The molecular formula is C14H17N3O4. The molecule has 0 saturated carbocycles. The topological polar surface area (TPSA) is 114 Å². The van der Waals surface area contributed by atoms with Gasteiger partial charge in [0, 0.05) is 12.7 Å². The lowest BCUT2D eigenvalue weighted by molar-refractivity contribution is -0.145. The SMILES string of the molecule is CC1CCCN(C(=O)c2ccc(C(N)=O)cn2)C1C(=O)O. The van der Waals surface area contributed by atoms with Crippen molar-refractivity contribution in [2.45, 2.75) is 25.8 Å². The maximum absolute atomic E-state index is 12.4. The summed E-state index contributed by atoms with van der Waals surface area (Å²) in [4.78, 5) is 40.0. The highest BCUT2D eigenvalue weighted by Gasteiger charge is 2.37. The normalized spacial score (nSPS) is 21.9. The second kappa shape index (κ2) is 5.90. The number of pyridine rings is 1. The van der Waals surface area contributed by atoms with Crippen molar-refractivity contribution in [1.29, 1.82) is 0 Å². The third-order valence-corrected chi connectivity index (χ3v) is 3.71. The lowest BCUT2D eigenvalue weighted by Gasteiger charge is -2.37. The maximum atomic E-state index is 12.4. The van der Waals surface area contributed by atoms with Gasteiger partial charge in [-0.2, -0.15) is 0 Å². The Labute approximate surface area is 121 Å². The summed E-state index contributed by atoms with van der Waals surface area (Å²) in [6.45, 7) is 2.21. The molecule has 3 N–H and O–H groups in total. The first-order chi connectivity index (χ1) is 9.91. The van der Waals surface area contributed by atoms with E-state index in [9.17, 15) is 19.5 Å². The van der Waals surface area contributed by atoms with E-state index in [2.05, 4.69) is 4.98 Å². The molecule has 2 amide bonds. The quantitative estimate of drug-likeness (QED) is 0.842. The summed E-state index contributed by atoms with van der Waals surface area (Å²) in [5, 5.41) is 9.32. The molecule has 7 nitrogen and oxygen atoms in total. The number of piperidine rings is 1. The minimum atomic E-state index is -1.01. The molecule has 2 unspecified atom stereocenters. The van der Waals surface area contributed by atoms with Crippen molar-refractivity contribution in [2.24, 2.45) is 11.7 Å². The van der Waals surface area contributed by atoms with Gasteiger partial charge in [0.2, 0.25) is 5.91 Å². The number of carboxylic acid groups (broad SMARTS) is 1. The zero-order valence-electron chi connectivity index (χ0n) is 11.7. The molecule has 2 heterocycles. The minimum absolute atomic E-state index is 0.106. The average molecular weight is 291 g/mol. The number of likely N-dealkylation sites (tertiary alicyclic amines) is 1. The zero-order valence-corrected chi connectivity index (χ0v) is 11.7. The number of hydrogen-bond donors (Lipinski definition) is 2. The van der Waals surface area contributed by atoms with Crippen molar-refractivity contribution in [3.05, 3.63) is 29.6 Å². The van der Waals surface area contributed by atoms with E-state index in [0.29, 0.717) is 6.54 Å². The van der Waals surface area contributed by atoms with Gasteiger partial charge in [-0.25, -0.2) is 4.79 Å². The Balaban J connectivity index is 2.24. The molecule has 0 bridgehead atoms. The van der Waals surface area contributed by atoms with E-state index in [1.165, 1.54) is 23.2 Å². The van der Waals surface area contributed by atoms with E-state index in [-0.39, 0.29) is 17.2 Å². The average Bonchev–Trinajstić information content (AvgIpc) is 2.46. The van der Waals surface area contributed by atoms with Crippen LogP contribution in [-0.2, 0) is 4.79 Å². The Morgan fingerprint density at radius 3 is 2.62 bits per heavy atom. The molecule has 112 valence electrons. The number of aliphatic carboxylic acids is 1. The van der Waals surface area contributed by atoms with Crippen molar-refractivity contribution in [3.8, 4) is 0 Å². The molecule has 1 aromatic rings. The van der Waals surface area contributed by atoms with Crippen molar-refractivity contribution < 1.29 is 19.5 Å². The van der Waals surface area contributed by atoms with Gasteiger partial charge in [-0.3, -0.25) is 14.6 Å². The van der Waals surface area contributed by atoms with Gasteiger partial charge in [0.1, 0.15) is 11.7 Å². The van der Waals surface area contributed by atoms with Gasteiger partial charge in [0.15, 0.2) is 0 Å². The van der Waals surface area contributed by atoms with Crippen LogP contribution in [0, 0.1) is 5.92 Å². The highest BCUT2D eigenvalue weighted by Crippen LogP contribution is 2.24. The van der Waals surface area contributed by atoms with Crippen LogP contribution in [0.25, 0.3) is 0 Å². The number of amides is 2. The van der Waals surface area contributed by atoms with Crippen molar-refractivity contribution in [2.75, 3.05) is 6.54 Å². The summed E-state index contributed by atoms with van der Waals surface area (Å²) in [5.74, 6) is -2.18. The van der Waals surface area contributed by atoms with E-state index >= 15 is 0 Å². The second-order valence-corrected chi connectivity index (χ2v) is 5.20. The monoisotopic (exact) mass is 291 g/mol. The zero-order chi connectivity index (χ0) is 15.6. The lowest BCUT2D eigenvalue weighted by Crippen LogP contribution is -2.52. The number of carbonyl (C=O) groups is 3. The van der Waals surface area contributed by atoms with Crippen LogP contribution in [0.4, 0.5) is 0 Å². The van der Waals surface area contributed by atoms with E-state index in [0.717, 1.165) is 12.8 Å². The molecule has 7 heteroatoms. The van der Waals surface area contributed by atoms with Gasteiger partial charge in [0.05, 0.1) is 5.56 Å². The van der Waals surface area contributed by atoms with Crippen LogP contribution >= 0.6 is 0 Å². The summed E-state index contributed by atoms with van der Waals surface area (Å²) in [5.41, 5.74) is 5.42. The van der Waals surface area contributed by atoms with Crippen molar-refractivity contribution in [1.82, 2.24) is 9.88 Å². The predicted molar refractivity (Wildman–Crippen MR) is 73.6 cm³/mol. The van der Waals surface area contributed by atoms with Crippen LogP contribution in [0.15, 0.2) is 18.3 Å². The molecule has 1 fully saturated rings. The smallest absolute Gasteiger partial charge is 0.326 e. The Kier molecular flexibility index (Phi) is 4.21. The summed E-state index contributed by atoms with van der Waals surface area (Å²) in [7, 11) is 0. The fourth-order valence-electron chi connectivity index (χ4n) is 2.61. The first kappa shape index (κ1) is 15.0. The Hall–Kier alpha value is -2.44. The highest BCUT2D eigenvalue weighted by molar-refractivity contribution is 5.97. The minimum Gasteiger partial charge on any atom is -0.480 e. The third-order valence-electron chi connectivity index (χ3n) is 3.71. The molecule has 21 heavy (non-hydrogen) atoms. The van der Waals surface area contributed by atoms with Gasteiger partial charge < -0.3 is 15.7 Å². The van der Waals surface area contributed by atoms with Crippen LogP contribution in [0.1, 0.15) is 40.6 Å². The van der Waals surface area contributed by atoms with E-state index in [1.807, 2.05) is 6.92 Å². The maximum Gasteiger partial charge on any atom is 0.326 e. The number of carbonyl (C=O) groups excluding carboxylic acids is 2. The first-order valence-corrected chi connectivity index (χ1v) is 6.71. The summed E-state index contributed by atoms with van der Waals surface area (Å²) in [6, 6.07) is 1.95. The molecule has 2 atom stereocenters. The molecule has 1 aliphatic heterocycles. The number of nitrogens with zero attached hydrogens (tertiary/aromatic N) is 2. The van der Waals surface area contributed by atoms with Crippen LogP contribution < -0.4 is 5.73 Å². The van der Waals surface area contributed by atoms with Crippen molar-refractivity contribution >= 4 is 17.8 Å². The fourth-order valence-corrected chi connectivity index (χ4v) is 2.61.